The van der Waals surface area contributed by atoms with Gasteiger partial charge in [-0.2, -0.15) is 0 Å². The average molecular weight is 1270 g/mol. The zero-order chi connectivity index (χ0) is 65.2. The summed E-state index contributed by atoms with van der Waals surface area (Å²) in [6, 6.07) is 35.9. The van der Waals surface area contributed by atoms with Crippen molar-refractivity contribution in [3.63, 3.8) is 0 Å². The Kier molecular flexibility index (Phi) is 23.1. The maximum atomic E-state index is 14.6. The highest BCUT2D eigenvalue weighted by atomic mass is 16.5. The van der Waals surface area contributed by atoms with Crippen LogP contribution in [-0.2, 0) is 0 Å². The number of carbonyl (C=O) groups is 4. The molecule has 2 N–H and O–H groups in total. The van der Waals surface area contributed by atoms with E-state index in [9.17, 15) is 19.2 Å². The molecular weight excluding hydrogens is 1180 g/mol. The number of hydrogen-bond acceptors (Lipinski definition) is 12. The van der Waals surface area contributed by atoms with Gasteiger partial charge in [0.15, 0.2) is 0 Å². The van der Waals surface area contributed by atoms with Gasteiger partial charge in [0.2, 0.25) is 0 Å². The third kappa shape index (κ3) is 15.9. The van der Waals surface area contributed by atoms with Crippen LogP contribution < -0.4 is 48.5 Å². The highest BCUT2D eigenvalue weighted by Crippen LogP contribution is 2.57. The molecule has 14 heteroatoms. The Morgan fingerprint density at radius 3 is 0.638 bits per heavy atom. The molecule has 2 aliphatic heterocycles. The number of carbonyl (C=O) groups excluding carboxylic acids is 4. The maximum absolute atomic E-state index is 14.6. The molecule has 14 nitrogen and oxygen atoms in total. The lowest BCUT2D eigenvalue weighted by molar-refractivity contribution is 0.0828. The van der Waals surface area contributed by atoms with Crippen molar-refractivity contribution in [1.29, 1.82) is 0 Å². The number of fused-ring (bicyclic) bond motifs is 2. The van der Waals surface area contributed by atoms with Crippen LogP contribution >= 0.6 is 0 Å². The van der Waals surface area contributed by atoms with Crippen LogP contribution in [0.5, 0.6) is 69.0 Å². The molecule has 0 saturated heterocycles. The second-order valence-electron chi connectivity index (χ2n) is 25.0. The van der Waals surface area contributed by atoms with Gasteiger partial charge < -0.3 is 37.9 Å². The fraction of sp³-hybridized carbons (Fsp3) is 0.400. The average Bonchev–Trinajstić information content (AvgIpc) is 0.679. The van der Waals surface area contributed by atoms with E-state index in [0.717, 1.165) is 51.4 Å². The van der Waals surface area contributed by atoms with Crippen LogP contribution in [0.2, 0.25) is 0 Å². The predicted octanol–water partition coefficient (Wildman–Crippen LogP) is 21.6. The Bertz CT molecular complexity index is 3530. The lowest BCUT2D eigenvalue weighted by Crippen LogP contribution is -2.35. The van der Waals surface area contributed by atoms with E-state index in [1.165, 1.54) is 103 Å². The van der Waals surface area contributed by atoms with Gasteiger partial charge in [0.05, 0.1) is 48.7 Å². The van der Waals surface area contributed by atoms with Crippen LogP contribution in [0.1, 0.15) is 223 Å². The molecule has 0 radical (unpaired) electrons. The minimum Gasteiger partial charge on any atom is -0.494 e. The van der Waals surface area contributed by atoms with Crippen LogP contribution in [0.3, 0.4) is 0 Å². The van der Waals surface area contributed by atoms with Crippen molar-refractivity contribution in [2.75, 3.05) is 26.4 Å². The number of ether oxygens (including phenoxy) is 8. The topological polar surface area (TPSA) is 166 Å². The van der Waals surface area contributed by atoms with Gasteiger partial charge in [-0.1, -0.05) is 156 Å². The number of imide groups is 2. The molecule has 0 aliphatic carbocycles. The van der Waals surface area contributed by atoms with Gasteiger partial charge in [-0.05, 0) is 147 Å². The minimum atomic E-state index is -0.632. The summed E-state index contributed by atoms with van der Waals surface area (Å²) in [6.07, 6.45) is 27.3. The van der Waals surface area contributed by atoms with Crippen LogP contribution in [-0.4, -0.2) is 50.1 Å². The van der Waals surface area contributed by atoms with Gasteiger partial charge in [-0.15, -0.1) is 0 Å². The van der Waals surface area contributed by atoms with Crippen LogP contribution in [0.25, 0.3) is 43.1 Å². The van der Waals surface area contributed by atoms with Crippen LogP contribution in [0.4, 0.5) is 0 Å². The van der Waals surface area contributed by atoms with E-state index in [1.807, 2.05) is 97.1 Å². The molecule has 0 atom stereocenters. The van der Waals surface area contributed by atoms with E-state index in [-0.39, 0.29) is 45.3 Å². The monoisotopic (exact) mass is 1270 g/mol. The maximum Gasteiger partial charge on any atom is 0.258 e. The molecular formula is C80H90N2O12. The van der Waals surface area contributed by atoms with E-state index in [2.05, 4.69) is 38.3 Å². The van der Waals surface area contributed by atoms with Crippen molar-refractivity contribution in [3.8, 4) is 69.0 Å². The Balaban J connectivity index is 1.10. The van der Waals surface area contributed by atoms with E-state index >= 15 is 0 Å². The SMILES string of the molecule is CCCCCCCCOc1ccc(Oc2cc3c4c(cc(Oc5ccc(OCCCCCCCC)cc5)c5c6c(Oc7ccc(OCCCCCCCC)cc7)cc7c8c(cc(Oc9ccc(OCCCCCCCC)cc9)c(c2c45)c86)C(=O)NC7=O)C(=O)NC3=O)cc1. The second-order valence-corrected chi connectivity index (χ2v) is 25.0. The highest BCUT2D eigenvalue weighted by molar-refractivity contribution is 6.44. The summed E-state index contributed by atoms with van der Waals surface area (Å²) in [4.78, 5) is 58.4. The smallest absolute Gasteiger partial charge is 0.258 e. The number of rotatable bonds is 40. The summed E-state index contributed by atoms with van der Waals surface area (Å²) in [5, 5.41) is 8.32. The molecule has 2 heterocycles. The molecule has 0 aromatic heterocycles. The number of benzene rings is 9. The number of unbranched alkanes of at least 4 members (excludes halogenated alkanes) is 20. The normalized spacial score (nSPS) is 12.6. The molecule has 0 saturated carbocycles. The largest absolute Gasteiger partial charge is 0.494 e. The van der Waals surface area contributed by atoms with Gasteiger partial charge >= 0.3 is 0 Å². The van der Waals surface area contributed by atoms with E-state index < -0.39 is 23.6 Å². The summed E-state index contributed by atoms with van der Waals surface area (Å²) in [5.41, 5.74) is 0.680. The van der Waals surface area contributed by atoms with Gasteiger partial charge in [-0.3, -0.25) is 29.8 Å². The highest BCUT2D eigenvalue weighted by Gasteiger charge is 2.37. The lowest BCUT2D eigenvalue weighted by atomic mass is 9.81. The third-order valence-electron chi connectivity index (χ3n) is 17.9. The van der Waals surface area contributed by atoms with E-state index in [0.29, 0.717) is 116 Å². The fourth-order valence-electron chi connectivity index (χ4n) is 12.9. The Morgan fingerprint density at radius 2 is 0.426 bits per heavy atom. The first-order valence-electron chi connectivity index (χ1n) is 34.8. The van der Waals surface area contributed by atoms with Crippen molar-refractivity contribution in [2.45, 2.75) is 182 Å². The van der Waals surface area contributed by atoms with Crippen LogP contribution in [0, 0.1) is 0 Å². The molecule has 4 amide bonds. The molecule has 492 valence electrons. The van der Waals surface area contributed by atoms with Gasteiger partial charge in [0.25, 0.3) is 23.6 Å². The van der Waals surface area contributed by atoms with Gasteiger partial charge in [0, 0.05) is 43.1 Å². The molecule has 2 aliphatic rings. The first kappa shape index (κ1) is 66.4. The Hall–Kier alpha value is -9.04. The molecule has 0 bridgehead atoms. The van der Waals surface area contributed by atoms with Gasteiger partial charge in [0.1, 0.15) is 69.0 Å². The summed E-state index contributed by atoms with van der Waals surface area (Å²) >= 11 is 0. The van der Waals surface area contributed by atoms with Gasteiger partial charge in [-0.25, -0.2) is 0 Å². The summed E-state index contributed by atoms with van der Waals surface area (Å²) in [5.74, 6) is 2.69. The molecule has 0 unspecified atom stereocenters. The number of hydrogen-bond donors (Lipinski definition) is 2. The van der Waals surface area contributed by atoms with E-state index in [4.69, 9.17) is 37.9 Å². The van der Waals surface area contributed by atoms with Crippen molar-refractivity contribution >= 4 is 66.7 Å². The Labute approximate surface area is 552 Å². The molecule has 94 heavy (non-hydrogen) atoms. The van der Waals surface area contributed by atoms with Crippen LogP contribution in [0.15, 0.2) is 121 Å². The van der Waals surface area contributed by atoms with Crippen molar-refractivity contribution in [2.24, 2.45) is 0 Å². The Morgan fingerprint density at radius 1 is 0.234 bits per heavy atom. The standard InChI is InChI=1S/C80H90N2O12/c1-5-9-13-17-21-25-45-87-53-29-37-57(38-30-53)91-65-49-61-69-62(78(84)81-77(61)83)51-67(93-59-41-33-55(34-42-59)89-47-27-23-19-15-11-7-3)73-74-68(94-60-43-35-56(36-44-60)90-48-28-24-20-16-12-8-4)52-64-70-63(79(85)82-80(64)86)50-66(72(76(70)74)71(65)75(69)73)92-58-39-31-54(32-40-58)88-46-26-22-18-14-10-6-2/h29-44,49-52H,5-28,45-48H2,1-4H3,(H,81,83,84)(H,82,85,86). The fourth-order valence-corrected chi connectivity index (χ4v) is 12.9. The number of amides is 4. The molecule has 9 aromatic carbocycles. The molecule has 9 aromatic rings. The molecule has 0 spiro atoms. The van der Waals surface area contributed by atoms with Crippen molar-refractivity contribution < 1.29 is 57.1 Å². The first-order valence-corrected chi connectivity index (χ1v) is 34.8. The lowest BCUT2D eigenvalue weighted by Gasteiger charge is -2.28. The third-order valence-corrected chi connectivity index (χ3v) is 17.9. The van der Waals surface area contributed by atoms with Crippen molar-refractivity contribution in [3.05, 3.63) is 144 Å². The summed E-state index contributed by atoms with van der Waals surface area (Å²) in [6.45, 7) is 11.1. The quantitative estimate of drug-likeness (QED) is 0.0162. The second kappa shape index (κ2) is 32.7. The molecule has 0 fully saturated rings. The minimum absolute atomic E-state index is 0.170. The number of nitrogens with one attached hydrogen (secondary N) is 2. The first-order chi connectivity index (χ1) is 46.1. The predicted molar refractivity (Wildman–Crippen MR) is 373 cm³/mol. The van der Waals surface area contributed by atoms with Crippen molar-refractivity contribution in [1.82, 2.24) is 10.6 Å². The van der Waals surface area contributed by atoms with E-state index in [1.54, 1.807) is 24.3 Å². The molecule has 11 rings (SSSR count). The summed E-state index contributed by atoms with van der Waals surface area (Å²) in [7, 11) is 0. The zero-order valence-electron chi connectivity index (χ0n) is 55.2. The zero-order valence-corrected chi connectivity index (χ0v) is 55.2. The summed E-state index contributed by atoms with van der Waals surface area (Å²) < 4.78 is 53.2.